The average molecular weight is 490 g/mol. The summed E-state index contributed by atoms with van der Waals surface area (Å²) in [7, 11) is -3.85. The van der Waals surface area contributed by atoms with Crippen molar-refractivity contribution in [2.45, 2.75) is 11.8 Å². The molecule has 0 bridgehead atoms. The average Bonchev–Trinajstić information content (AvgIpc) is 3.42. The van der Waals surface area contributed by atoms with Gasteiger partial charge >= 0.3 is 5.97 Å². The molecule has 2 aromatic carbocycles. The van der Waals surface area contributed by atoms with Crippen molar-refractivity contribution in [1.29, 1.82) is 0 Å². The van der Waals surface area contributed by atoms with Gasteiger partial charge in [0, 0.05) is 5.56 Å². The van der Waals surface area contributed by atoms with E-state index in [4.69, 9.17) is 20.7 Å². The van der Waals surface area contributed by atoms with E-state index in [9.17, 15) is 18.0 Å². The van der Waals surface area contributed by atoms with Crippen LogP contribution in [-0.4, -0.2) is 32.6 Å². The van der Waals surface area contributed by atoms with Gasteiger partial charge < -0.3 is 9.15 Å². The van der Waals surface area contributed by atoms with Crippen LogP contribution in [0.1, 0.15) is 23.0 Å². The highest BCUT2D eigenvalue weighted by Crippen LogP contribution is 2.28. The number of sulfonamides is 1. The van der Waals surface area contributed by atoms with Gasteiger partial charge in [-0.05, 0) is 61.5 Å². The van der Waals surface area contributed by atoms with Gasteiger partial charge in [-0.1, -0.05) is 18.1 Å². The fraction of sp³-hybridized carbons (Fsp3) is 0.0800. The van der Waals surface area contributed by atoms with E-state index in [0.717, 1.165) is 0 Å². The minimum absolute atomic E-state index is 0.0687. The second kappa shape index (κ2) is 9.42. The molecule has 4 rings (SSSR count). The van der Waals surface area contributed by atoms with Gasteiger partial charge in [0.2, 0.25) is 10.0 Å². The van der Waals surface area contributed by atoms with Gasteiger partial charge in [0.1, 0.15) is 11.5 Å². The maximum Gasteiger partial charge on any atom is 0.339 e. The Labute approximate surface area is 201 Å². The van der Waals surface area contributed by atoms with Gasteiger partial charge in [-0.15, -0.1) is 6.42 Å². The highest BCUT2D eigenvalue weighted by Gasteiger charge is 2.29. The molecule has 1 aliphatic rings. The molecule has 0 aliphatic carbocycles. The van der Waals surface area contributed by atoms with E-state index < -0.39 is 21.9 Å². The van der Waals surface area contributed by atoms with Crippen molar-refractivity contribution in [2.24, 2.45) is 10.2 Å². The third kappa shape index (κ3) is 5.06. The molecule has 1 aromatic heterocycles. The largest absolute Gasteiger partial charge is 0.457 e. The van der Waals surface area contributed by atoms with E-state index in [1.165, 1.54) is 29.3 Å². The lowest BCUT2D eigenvalue weighted by atomic mass is 10.1. The molecule has 0 saturated heterocycles. The Kier molecular flexibility index (Phi) is 6.38. The number of nitrogens with two attached hydrogens (primary N) is 1. The number of rotatable bonds is 6. The Bertz CT molecular complexity index is 1530. The maximum atomic E-state index is 13.0. The number of furan rings is 1. The summed E-state index contributed by atoms with van der Waals surface area (Å²) in [5.41, 5.74) is 2.13. The van der Waals surface area contributed by atoms with Crippen molar-refractivity contribution >= 4 is 39.4 Å². The molecular formula is C25H19N3O6S. The van der Waals surface area contributed by atoms with E-state index in [1.807, 2.05) is 0 Å². The van der Waals surface area contributed by atoms with Gasteiger partial charge in [-0.3, -0.25) is 4.79 Å². The summed E-state index contributed by atoms with van der Waals surface area (Å²) in [6.07, 6.45) is 6.68. The van der Waals surface area contributed by atoms with Gasteiger partial charge in [0.05, 0.1) is 27.4 Å². The van der Waals surface area contributed by atoms with Crippen LogP contribution < -0.4 is 10.1 Å². The van der Waals surface area contributed by atoms with Gasteiger partial charge in [0.25, 0.3) is 5.91 Å². The number of carbonyl (C=O) groups excluding carboxylic acids is 2. The van der Waals surface area contributed by atoms with Gasteiger partial charge in [-0.25, -0.2) is 18.4 Å². The first-order valence-corrected chi connectivity index (χ1v) is 11.8. The number of terminal acetylenes is 1. The van der Waals surface area contributed by atoms with Crippen LogP contribution in [-0.2, 0) is 19.6 Å². The van der Waals surface area contributed by atoms with E-state index in [2.05, 4.69) is 11.0 Å². The lowest BCUT2D eigenvalue weighted by molar-refractivity contribution is -0.114. The quantitative estimate of drug-likeness (QED) is 0.321. The summed E-state index contributed by atoms with van der Waals surface area (Å²) in [6, 6.07) is 15.6. The SMILES string of the molecule is C#CCOC(=O)c1cccc(-c2ccc(/C=C3\C(=O)N(c4ccc(S(N)(=O)=O)cc4)N=C3C)o2)c1. The summed E-state index contributed by atoms with van der Waals surface area (Å²) in [4.78, 5) is 25.0. The van der Waals surface area contributed by atoms with Crippen LogP contribution in [0.25, 0.3) is 17.4 Å². The molecule has 0 radical (unpaired) electrons. The standard InChI is InChI=1S/C25H19N3O6S/c1-3-13-33-25(30)18-6-4-5-17(14-18)23-12-9-20(34-23)15-22-16(2)27-28(24(22)29)19-7-10-21(11-8-19)35(26,31)32/h1,4-12,14-15H,13H2,2H3,(H2,26,31,32)/b22-15-. The summed E-state index contributed by atoms with van der Waals surface area (Å²) in [6.45, 7) is 1.56. The monoisotopic (exact) mass is 489 g/mol. The second-order valence-electron chi connectivity index (χ2n) is 7.46. The van der Waals surface area contributed by atoms with Crippen LogP contribution >= 0.6 is 0 Å². The summed E-state index contributed by atoms with van der Waals surface area (Å²) < 4.78 is 33.7. The summed E-state index contributed by atoms with van der Waals surface area (Å²) >= 11 is 0. The molecule has 2 N–H and O–H groups in total. The van der Waals surface area contributed by atoms with Crippen molar-refractivity contribution in [3.05, 3.63) is 77.6 Å². The number of primary sulfonamides is 1. The Morgan fingerprint density at radius 1 is 1.20 bits per heavy atom. The molecule has 10 heteroatoms. The van der Waals surface area contributed by atoms with Crippen LogP contribution in [0.2, 0.25) is 0 Å². The van der Waals surface area contributed by atoms with Crippen molar-refractivity contribution in [1.82, 2.24) is 0 Å². The molecule has 35 heavy (non-hydrogen) atoms. The van der Waals surface area contributed by atoms with Crippen LogP contribution in [0.4, 0.5) is 5.69 Å². The number of hydrazone groups is 1. The molecule has 0 unspecified atom stereocenters. The molecule has 9 nitrogen and oxygen atoms in total. The Morgan fingerprint density at radius 3 is 2.63 bits per heavy atom. The zero-order valence-corrected chi connectivity index (χ0v) is 19.3. The van der Waals surface area contributed by atoms with Crippen molar-refractivity contribution in [3.8, 4) is 23.7 Å². The van der Waals surface area contributed by atoms with E-state index in [0.29, 0.717) is 39.6 Å². The zero-order chi connectivity index (χ0) is 25.2. The number of ether oxygens (including phenoxy) is 1. The topological polar surface area (TPSA) is 132 Å². The number of amides is 1. The third-order valence-corrected chi connectivity index (χ3v) is 5.98. The predicted molar refractivity (Wildman–Crippen MR) is 130 cm³/mol. The van der Waals surface area contributed by atoms with Crippen molar-refractivity contribution < 1.29 is 27.2 Å². The highest BCUT2D eigenvalue weighted by atomic mass is 32.2. The molecule has 0 atom stereocenters. The summed E-state index contributed by atoms with van der Waals surface area (Å²) in [5.74, 6) is 2.19. The van der Waals surface area contributed by atoms with Crippen LogP contribution in [0.3, 0.4) is 0 Å². The molecule has 1 amide bonds. The molecule has 0 saturated carbocycles. The zero-order valence-electron chi connectivity index (χ0n) is 18.5. The first kappa shape index (κ1) is 23.7. The number of esters is 1. The molecule has 0 fully saturated rings. The maximum absolute atomic E-state index is 13.0. The van der Waals surface area contributed by atoms with Crippen LogP contribution in [0.15, 0.2) is 80.7 Å². The molecule has 3 aromatic rings. The molecule has 1 aliphatic heterocycles. The van der Waals surface area contributed by atoms with E-state index >= 15 is 0 Å². The molecule has 2 heterocycles. The fourth-order valence-corrected chi connectivity index (χ4v) is 3.87. The third-order valence-electron chi connectivity index (χ3n) is 5.06. The number of hydrogen-bond acceptors (Lipinski definition) is 7. The lowest BCUT2D eigenvalue weighted by Gasteiger charge is -2.11. The molecular weight excluding hydrogens is 470 g/mol. The smallest absolute Gasteiger partial charge is 0.339 e. The number of benzene rings is 2. The predicted octanol–water partition coefficient (Wildman–Crippen LogP) is 3.19. The number of nitrogens with zero attached hydrogens (tertiary/aromatic N) is 2. The van der Waals surface area contributed by atoms with Gasteiger partial charge in [-0.2, -0.15) is 10.1 Å². The first-order chi connectivity index (χ1) is 16.7. The Hall–Kier alpha value is -4.46. The second-order valence-corrected chi connectivity index (χ2v) is 9.02. The Balaban J connectivity index is 1.55. The molecule has 176 valence electrons. The van der Waals surface area contributed by atoms with Crippen LogP contribution in [0.5, 0.6) is 0 Å². The van der Waals surface area contributed by atoms with E-state index in [1.54, 1.807) is 49.4 Å². The van der Waals surface area contributed by atoms with E-state index in [-0.39, 0.29) is 11.5 Å². The summed E-state index contributed by atoms with van der Waals surface area (Å²) in [5, 5.41) is 10.6. The minimum Gasteiger partial charge on any atom is -0.457 e. The normalized spacial score (nSPS) is 14.7. The van der Waals surface area contributed by atoms with Crippen molar-refractivity contribution in [2.75, 3.05) is 11.6 Å². The fourth-order valence-electron chi connectivity index (χ4n) is 3.35. The van der Waals surface area contributed by atoms with Crippen LogP contribution in [0, 0.1) is 12.3 Å². The first-order valence-electron chi connectivity index (χ1n) is 10.2. The van der Waals surface area contributed by atoms with Gasteiger partial charge in [0.15, 0.2) is 6.61 Å². The Morgan fingerprint density at radius 2 is 1.94 bits per heavy atom. The number of hydrogen-bond donors (Lipinski definition) is 1. The lowest BCUT2D eigenvalue weighted by Crippen LogP contribution is -2.21. The minimum atomic E-state index is -3.85. The highest BCUT2D eigenvalue weighted by molar-refractivity contribution is 7.89. The molecule has 0 spiro atoms. The number of anilines is 1. The van der Waals surface area contributed by atoms with Crippen molar-refractivity contribution in [3.63, 3.8) is 0 Å². The number of carbonyl (C=O) groups is 2.